The van der Waals surface area contributed by atoms with Crippen molar-refractivity contribution in [2.45, 2.75) is 64.5 Å². The molecule has 0 bridgehead atoms. The molecule has 0 saturated heterocycles. The van der Waals surface area contributed by atoms with Gasteiger partial charge in [0, 0.05) is 35.9 Å². The highest BCUT2D eigenvalue weighted by Gasteiger charge is 2.26. The molecule has 3 aliphatic rings. The highest BCUT2D eigenvalue weighted by atomic mass is 32.2. The van der Waals surface area contributed by atoms with Crippen molar-refractivity contribution in [3.63, 3.8) is 0 Å². The summed E-state index contributed by atoms with van der Waals surface area (Å²) in [6, 6.07) is 13.7. The van der Waals surface area contributed by atoms with E-state index in [2.05, 4.69) is 58.9 Å². The number of ether oxygens (including phenoxy) is 1. The van der Waals surface area contributed by atoms with Gasteiger partial charge >= 0.3 is 0 Å². The van der Waals surface area contributed by atoms with Gasteiger partial charge in [0.15, 0.2) is 0 Å². The molecule has 0 aromatic heterocycles. The molecule has 3 amide bonds. The molecule has 0 radical (unpaired) electrons. The van der Waals surface area contributed by atoms with Gasteiger partial charge in [-0.25, -0.2) is 0 Å². The Bertz CT molecular complexity index is 1340. The normalized spacial score (nSPS) is 14.2. The van der Waals surface area contributed by atoms with E-state index in [0.717, 1.165) is 66.1 Å². The Hall–Kier alpha value is -4.62. The van der Waals surface area contributed by atoms with E-state index in [9.17, 15) is 14.8 Å². The second-order valence-electron chi connectivity index (χ2n) is 11.7. The number of oxime groups is 1. The fourth-order valence-electron chi connectivity index (χ4n) is 4.37. The molecule has 0 atom stereocenters. The van der Waals surface area contributed by atoms with Crippen molar-refractivity contribution in [1.29, 1.82) is 0 Å². The van der Waals surface area contributed by atoms with E-state index in [0.29, 0.717) is 17.4 Å². The number of hydrogen-bond acceptors (Lipinski definition) is 10. The lowest BCUT2D eigenvalue weighted by Gasteiger charge is -2.09. The van der Waals surface area contributed by atoms with Gasteiger partial charge in [0.2, 0.25) is 18.2 Å². The highest BCUT2D eigenvalue weighted by molar-refractivity contribution is 7.98. The molecule has 0 heterocycles. The Kier molecular flexibility index (Phi) is 25.6. The van der Waals surface area contributed by atoms with Crippen LogP contribution >= 0.6 is 11.9 Å². The van der Waals surface area contributed by atoms with Crippen LogP contribution in [0.1, 0.15) is 70.4 Å². The van der Waals surface area contributed by atoms with Gasteiger partial charge in [-0.3, -0.25) is 19.1 Å². The first-order chi connectivity index (χ1) is 24.2. The van der Waals surface area contributed by atoms with E-state index in [1.165, 1.54) is 31.0 Å². The SMILES string of the molecule is C=CN.C=O.CC(C)C.CNC/C=C/Oc1ccc2c(c1)/C(=N\O)c1ccccc1-2.CNC=O.O=C(CNC(=O)C1CCCC1)NSC1CC1. The van der Waals surface area contributed by atoms with Gasteiger partial charge in [0.05, 0.1) is 12.8 Å². The Morgan fingerprint density at radius 2 is 1.58 bits per heavy atom. The third kappa shape index (κ3) is 18.8. The second kappa shape index (κ2) is 28.2. The van der Waals surface area contributed by atoms with Crippen LogP contribution in [0.5, 0.6) is 5.75 Å². The topological polar surface area (TPSA) is 184 Å². The standard InChI is InChI=1S/C17H16N2O2.C11H18N2O2S.C4H10.C2H5NO.C2H5N.CH2O/c1-18-9-4-10-21-12-7-8-14-13-5-2-3-6-15(13)17(19-20)16(14)11-12;14-10(13-16-9-5-6-9)7-12-11(15)8-3-1-2-4-8;1-4(2)3;1-3-2-4;1-2-3;1-2/h2-8,10-11,18,20H,9H2,1H3;8-9H,1-7H2,(H,12,15)(H,13,14);4H,1-3H3;2H,1H3,(H,3,4);2H,1,3H2;1H2/b10-4+,19-17-;;;;;. The van der Waals surface area contributed by atoms with Gasteiger partial charge in [-0.15, -0.1) is 0 Å². The summed E-state index contributed by atoms with van der Waals surface area (Å²) in [5, 5.41) is 21.3. The predicted octanol–water partition coefficient (Wildman–Crippen LogP) is 5.15. The van der Waals surface area contributed by atoms with Crippen LogP contribution in [0.4, 0.5) is 0 Å². The van der Waals surface area contributed by atoms with Crippen LogP contribution in [0.15, 0.2) is 72.7 Å². The minimum atomic E-state index is -0.0942. The summed E-state index contributed by atoms with van der Waals surface area (Å²) in [4.78, 5) is 40.0. The van der Waals surface area contributed by atoms with Crippen molar-refractivity contribution < 1.29 is 29.1 Å². The van der Waals surface area contributed by atoms with Gasteiger partial charge in [-0.2, -0.15) is 0 Å². The number of nitrogens with zero attached hydrogens (tertiary/aromatic N) is 1. The maximum atomic E-state index is 11.6. The van der Waals surface area contributed by atoms with Crippen molar-refractivity contribution >= 4 is 42.7 Å². The van der Waals surface area contributed by atoms with Crippen molar-refractivity contribution in [2.75, 3.05) is 27.2 Å². The molecule has 3 aliphatic carbocycles. The largest absolute Gasteiger partial charge is 0.465 e. The summed E-state index contributed by atoms with van der Waals surface area (Å²) in [5.41, 5.74) is 9.17. The van der Waals surface area contributed by atoms with Gasteiger partial charge < -0.3 is 36.4 Å². The van der Waals surface area contributed by atoms with Gasteiger partial charge in [-0.05, 0) is 92.2 Å². The van der Waals surface area contributed by atoms with Gasteiger partial charge in [0.25, 0.3) is 0 Å². The Morgan fingerprint density at radius 1 is 1.02 bits per heavy atom. The quantitative estimate of drug-likeness (QED) is 0.0544. The third-order valence-electron chi connectivity index (χ3n) is 6.57. The van der Waals surface area contributed by atoms with Crippen LogP contribution in [-0.2, 0) is 19.2 Å². The van der Waals surface area contributed by atoms with Crippen LogP contribution in [0.2, 0.25) is 0 Å². The van der Waals surface area contributed by atoms with E-state index in [1.54, 1.807) is 13.3 Å². The minimum Gasteiger partial charge on any atom is -0.465 e. The average Bonchev–Trinajstić information content (AvgIpc) is 3.68. The summed E-state index contributed by atoms with van der Waals surface area (Å²) in [6.45, 7) is 12.5. The van der Waals surface area contributed by atoms with Crippen molar-refractivity contribution in [3.8, 4) is 16.9 Å². The Morgan fingerprint density at radius 3 is 2.10 bits per heavy atom. The number of hydrogen-bond donors (Lipinski definition) is 6. The van der Waals surface area contributed by atoms with Crippen LogP contribution in [0.3, 0.4) is 0 Å². The van der Waals surface area contributed by atoms with Gasteiger partial charge in [-0.1, -0.05) is 69.6 Å². The smallest absolute Gasteiger partial charge is 0.249 e. The van der Waals surface area contributed by atoms with E-state index < -0.39 is 0 Å². The van der Waals surface area contributed by atoms with Crippen molar-refractivity contribution in [3.05, 3.63) is 78.7 Å². The number of likely N-dealkylation sites (N-methyl/N-ethyl adjacent to an activating group) is 1. The molecule has 2 fully saturated rings. The zero-order valence-corrected chi connectivity index (χ0v) is 30.9. The number of rotatable bonds is 10. The Balaban J connectivity index is 0.000000729. The molecule has 0 aliphatic heterocycles. The first-order valence-electron chi connectivity index (χ1n) is 16.5. The molecule has 2 aromatic rings. The summed E-state index contributed by atoms with van der Waals surface area (Å²) in [7, 11) is 3.44. The fourth-order valence-corrected chi connectivity index (χ4v) is 5.11. The van der Waals surface area contributed by atoms with E-state index in [1.807, 2.05) is 62.4 Å². The number of carbonyl (C=O) groups is 4. The number of fused-ring (bicyclic) bond motifs is 3. The molecule has 12 nitrogen and oxygen atoms in total. The number of benzene rings is 2. The molecule has 50 heavy (non-hydrogen) atoms. The number of nitrogens with one attached hydrogen (secondary N) is 4. The zero-order valence-electron chi connectivity index (χ0n) is 30.1. The molecule has 276 valence electrons. The summed E-state index contributed by atoms with van der Waals surface area (Å²) in [6.07, 6.45) is 12.0. The first kappa shape index (κ1) is 45.4. The summed E-state index contributed by atoms with van der Waals surface area (Å²) < 4.78 is 8.32. The number of nitrogens with two attached hydrogens (primary N) is 1. The lowest BCUT2D eigenvalue weighted by atomic mass is 10.1. The molecule has 13 heteroatoms. The lowest BCUT2D eigenvalue weighted by molar-refractivity contribution is -0.127. The van der Waals surface area contributed by atoms with Crippen molar-refractivity contribution in [2.24, 2.45) is 22.7 Å². The summed E-state index contributed by atoms with van der Waals surface area (Å²) >= 11 is 1.48. The van der Waals surface area contributed by atoms with Crippen LogP contribution in [0, 0.1) is 11.8 Å². The van der Waals surface area contributed by atoms with Crippen LogP contribution in [0.25, 0.3) is 11.1 Å². The average molecular weight is 713 g/mol. The number of amides is 3. The van der Waals surface area contributed by atoms with Gasteiger partial charge in [0.1, 0.15) is 18.3 Å². The highest BCUT2D eigenvalue weighted by Crippen LogP contribution is 2.38. The molecule has 0 spiro atoms. The fraction of sp³-hybridized carbons (Fsp3) is 0.432. The zero-order chi connectivity index (χ0) is 37.7. The molecular formula is C37H56N6O6S. The maximum absolute atomic E-state index is 11.6. The molecule has 5 rings (SSSR count). The molecule has 7 N–H and O–H groups in total. The van der Waals surface area contributed by atoms with E-state index in [4.69, 9.17) is 14.3 Å². The first-order valence-corrected chi connectivity index (χ1v) is 17.4. The Labute approximate surface area is 301 Å². The lowest BCUT2D eigenvalue weighted by Crippen LogP contribution is -2.37. The third-order valence-corrected chi connectivity index (χ3v) is 7.72. The molecular weight excluding hydrogens is 657 g/mol. The van der Waals surface area contributed by atoms with Crippen LogP contribution < -0.4 is 31.1 Å². The summed E-state index contributed by atoms with van der Waals surface area (Å²) in [5.74, 6) is 1.64. The molecule has 0 unspecified atom stereocenters. The van der Waals surface area contributed by atoms with E-state index in [-0.39, 0.29) is 24.3 Å². The number of carbonyl (C=O) groups excluding carboxylic acids is 4. The predicted molar refractivity (Wildman–Crippen MR) is 204 cm³/mol. The maximum Gasteiger partial charge on any atom is 0.249 e. The van der Waals surface area contributed by atoms with Crippen LogP contribution in [-0.4, -0.2) is 68.4 Å². The second-order valence-corrected chi connectivity index (χ2v) is 12.8. The monoisotopic (exact) mass is 712 g/mol. The van der Waals surface area contributed by atoms with Crippen molar-refractivity contribution in [1.82, 2.24) is 20.7 Å². The minimum absolute atomic E-state index is 0.0454. The molecule has 2 saturated carbocycles. The molecule has 2 aromatic carbocycles. The van der Waals surface area contributed by atoms with E-state index >= 15 is 0 Å².